The second kappa shape index (κ2) is 12.6. The molecule has 0 aliphatic carbocycles. The quantitative estimate of drug-likeness (QED) is 0.268. The fourth-order valence-electron chi connectivity index (χ4n) is 4.86. The van der Waals surface area contributed by atoms with Crippen molar-refractivity contribution in [1.82, 2.24) is 0 Å². The zero-order valence-corrected chi connectivity index (χ0v) is 24.1. The standard InChI is InChI=1S/C30H28O14/c1-14(31)36-12-25-27(40-15(2)32)28(41-16(3)33)29(42-17(4)34)30(44-25)43-19-6-7-20-23(10-19)37-11-21(26(20)35)18-5-8-22-24(9-18)39-13-38-22/h5-11,25,27-30H,12-13H2,1-4H3/t25-,27-,28+,29-,30-/m1/s1. The van der Waals surface area contributed by atoms with Crippen LogP contribution in [0.15, 0.2) is 51.9 Å². The molecule has 44 heavy (non-hydrogen) atoms. The minimum atomic E-state index is -1.45. The minimum Gasteiger partial charge on any atom is -0.463 e. The molecule has 0 amide bonds. The first kappa shape index (κ1) is 30.4. The number of esters is 4. The lowest BCUT2D eigenvalue weighted by atomic mass is 9.98. The Morgan fingerprint density at radius 1 is 0.795 bits per heavy atom. The Kier molecular flexibility index (Phi) is 8.71. The lowest BCUT2D eigenvalue weighted by Gasteiger charge is -2.43. The number of hydrogen-bond acceptors (Lipinski definition) is 14. The average molecular weight is 613 g/mol. The SMILES string of the molecule is CC(=O)OC[C@H]1O[C@@H](Oc2ccc3c(=O)c(-c4ccc5c(c4)OCO5)coc3c2)[C@H](OC(C)=O)[C@@H](OC(C)=O)[C@@H]1OC(C)=O. The van der Waals surface area contributed by atoms with Gasteiger partial charge in [-0.25, -0.2) is 0 Å². The molecule has 232 valence electrons. The van der Waals surface area contributed by atoms with Crippen LogP contribution in [0.5, 0.6) is 17.2 Å². The fraction of sp³-hybridized carbons (Fsp3) is 0.367. The van der Waals surface area contributed by atoms with E-state index in [1.54, 1.807) is 18.2 Å². The lowest BCUT2D eigenvalue weighted by Crippen LogP contribution is -2.63. The van der Waals surface area contributed by atoms with Crippen molar-refractivity contribution in [2.24, 2.45) is 0 Å². The van der Waals surface area contributed by atoms with E-state index in [0.717, 1.165) is 20.8 Å². The highest BCUT2D eigenvalue weighted by atomic mass is 16.7. The molecule has 0 unspecified atom stereocenters. The number of rotatable bonds is 8. The molecule has 1 aromatic heterocycles. The molecule has 0 saturated carbocycles. The number of carbonyl (C=O) groups excluding carboxylic acids is 4. The van der Waals surface area contributed by atoms with Gasteiger partial charge in [0, 0.05) is 33.8 Å². The third-order valence-corrected chi connectivity index (χ3v) is 6.63. The summed E-state index contributed by atoms with van der Waals surface area (Å²) < 4.78 is 49.8. The van der Waals surface area contributed by atoms with Crippen molar-refractivity contribution in [2.45, 2.75) is 58.4 Å². The largest absolute Gasteiger partial charge is 0.463 e. The highest BCUT2D eigenvalue weighted by molar-refractivity contribution is 5.83. The summed E-state index contributed by atoms with van der Waals surface area (Å²) in [5.41, 5.74) is 0.721. The third kappa shape index (κ3) is 6.59. The second-order valence-corrected chi connectivity index (χ2v) is 9.89. The van der Waals surface area contributed by atoms with E-state index in [1.807, 2.05) is 0 Å². The van der Waals surface area contributed by atoms with Crippen molar-refractivity contribution in [3.8, 4) is 28.4 Å². The van der Waals surface area contributed by atoms with Crippen molar-refractivity contribution in [2.75, 3.05) is 13.4 Å². The van der Waals surface area contributed by atoms with Gasteiger partial charge in [0.2, 0.25) is 19.2 Å². The van der Waals surface area contributed by atoms with Crippen LogP contribution < -0.4 is 19.6 Å². The van der Waals surface area contributed by atoms with Crippen molar-refractivity contribution in [3.05, 3.63) is 52.9 Å². The van der Waals surface area contributed by atoms with E-state index in [-0.39, 0.29) is 28.9 Å². The molecule has 5 atom stereocenters. The van der Waals surface area contributed by atoms with Crippen molar-refractivity contribution >= 4 is 34.8 Å². The molecule has 14 nitrogen and oxygen atoms in total. The molecule has 0 N–H and O–H groups in total. The third-order valence-electron chi connectivity index (χ3n) is 6.63. The molecule has 1 saturated heterocycles. The topological polar surface area (TPSA) is 172 Å². The van der Waals surface area contributed by atoms with Crippen LogP contribution in [-0.4, -0.2) is 68.0 Å². The maximum Gasteiger partial charge on any atom is 0.303 e. The smallest absolute Gasteiger partial charge is 0.303 e. The molecule has 5 rings (SSSR count). The molecule has 3 aromatic rings. The van der Waals surface area contributed by atoms with Gasteiger partial charge in [-0.1, -0.05) is 6.07 Å². The van der Waals surface area contributed by atoms with E-state index in [1.165, 1.54) is 31.4 Å². The van der Waals surface area contributed by atoms with E-state index < -0.39 is 61.2 Å². The Bertz CT molecular complexity index is 1660. The Morgan fingerprint density at radius 3 is 2.18 bits per heavy atom. The summed E-state index contributed by atoms with van der Waals surface area (Å²) in [6, 6.07) is 9.48. The van der Waals surface area contributed by atoms with Gasteiger partial charge < -0.3 is 42.3 Å². The number of fused-ring (bicyclic) bond motifs is 2. The zero-order valence-electron chi connectivity index (χ0n) is 24.1. The molecule has 2 aliphatic rings. The monoisotopic (exact) mass is 612 g/mol. The maximum absolute atomic E-state index is 13.4. The van der Waals surface area contributed by atoms with Crippen LogP contribution in [0, 0.1) is 0 Å². The minimum absolute atomic E-state index is 0.0907. The van der Waals surface area contributed by atoms with Gasteiger partial charge in [-0.15, -0.1) is 0 Å². The van der Waals surface area contributed by atoms with Crippen LogP contribution in [0.4, 0.5) is 0 Å². The van der Waals surface area contributed by atoms with E-state index >= 15 is 0 Å². The summed E-state index contributed by atoms with van der Waals surface area (Å²) in [6.45, 7) is 4.21. The van der Waals surface area contributed by atoms with Crippen LogP contribution in [0.2, 0.25) is 0 Å². The van der Waals surface area contributed by atoms with Crippen LogP contribution in [0.1, 0.15) is 27.7 Å². The summed E-state index contributed by atoms with van der Waals surface area (Å²) in [6.07, 6.45) is -5.49. The van der Waals surface area contributed by atoms with Gasteiger partial charge in [-0.05, 0) is 29.8 Å². The molecule has 0 radical (unpaired) electrons. The summed E-state index contributed by atoms with van der Waals surface area (Å²) in [7, 11) is 0. The zero-order chi connectivity index (χ0) is 31.5. The molecular formula is C30H28O14. The second-order valence-electron chi connectivity index (χ2n) is 9.89. The summed E-state index contributed by atoms with van der Waals surface area (Å²) in [4.78, 5) is 61.0. The first-order valence-corrected chi connectivity index (χ1v) is 13.4. The van der Waals surface area contributed by atoms with E-state index in [9.17, 15) is 24.0 Å². The van der Waals surface area contributed by atoms with Crippen molar-refractivity contribution in [3.63, 3.8) is 0 Å². The van der Waals surface area contributed by atoms with Gasteiger partial charge in [0.1, 0.15) is 30.3 Å². The van der Waals surface area contributed by atoms with E-state index in [0.29, 0.717) is 22.6 Å². The molecule has 0 spiro atoms. The van der Waals surface area contributed by atoms with Gasteiger partial charge in [0.15, 0.2) is 29.1 Å². The number of carbonyl (C=O) groups is 4. The van der Waals surface area contributed by atoms with Crippen LogP contribution in [0.25, 0.3) is 22.1 Å². The van der Waals surface area contributed by atoms with Gasteiger partial charge in [-0.2, -0.15) is 0 Å². The Balaban J connectivity index is 1.47. The van der Waals surface area contributed by atoms with Gasteiger partial charge in [-0.3, -0.25) is 24.0 Å². The van der Waals surface area contributed by atoms with Crippen LogP contribution in [0.3, 0.4) is 0 Å². The van der Waals surface area contributed by atoms with Crippen molar-refractivity contribution < 1.29 is 61.5 Å². The Labute approximate surface area is 249 Å². The molecular weight excluding hydrogens is 584 g/mol. The number of benzene rings is 2. The normalized spacial score (nSPS) is 22.1. The summed E-state index contributed by atoms with van der Waals surface area (Å²) in [5.74, 6) is -1.75. The van der Waals surface area contributed by atoms with Crippen molar-refractivity contribution in [1.29, 1.82) is 0 Å². The van der Waals surface area contributed by atoms with Crippen LogP contribution >= 0.6 is 0 Å². The predicted molar refractivity (Wildman–Crippen MR) is 147 cm³/mol. The lowest BCUT2D eigenvalue weighted by molar-refractivity contribution is -0.288. The maximum atomic E-state index is 13.4. The predicted octanol–water partition coefficient (Wildman–Crippen LogP) is 2.65. The highest BCUT2D eigenvalue weighted by Gasteiger charge is 2.53. The molecule has 2 aromatic carbocycles. The first-order valence-electron chi connectivity index (χ1n) is 13.4. The fourth-order valence-corrected chi connectivity index (χ4v) is 4.86. The Hall–Kier alpha value is -5.11. The number of hydrogen-bond donors (Lipinski definition) is 0. The van der Waals surface area contributed by atoms with E-state index in [2.05, 4.69) is 0 Å². The van der Waals surface area contributed by atoms with Crippen LogP contribution in [-0.2, 0) is 42.9 Å². The number of ether oxygens (including phenoxy) is 8. The van der Waals surface area contributed by atoms with Gasteiger partial charge >= 0.3 is 23.9 Å². The summed E-state index contributed by atoms with van der Waals surface area (Å²) >= 11 is 0. The Morgan fingerprint density at radius 2 is 1.48 bits per heavy atom. The molecule has 3 heterocycles. The molecule has 2 aliphatic heterocycles. The highest BCUT2D eigenvalue weighted by Crippen LogP contribution is 2.36. The molecule has 1 fully saturated rings. The van der Waals surface area contributed by atoms with E-state index in [4.69, 9.17) is 42.3 Å². The van der Waals surface area contributed by atoms with Gasteiger partial charge in [0.05, 0.1) is 10.9 Å². The average Bonchev–Trinajstić information content (AvgIpc) is 3.43. The first-order chi connectivity index (χ1) is 21.0. The molecule has 14 heteroatoms. The van der Waals surface area contributed by atoms with Gasteiger partial charge in [0.25, 0.3) is 0 Å². The molecule has 0 bridgehead atoms. The summed E-state index contributed by atoms with van der Waals surface area (Å²) in [5, 5.41) is 0.245.